The molecule has 0 saturated carbocycles. The van der Waals surface area contributed by atoms with Crippen LogP contribution in [0.5, 0.6) is 0 Å². The first kappa shape index (κ1) is 23.8. The van der Waals surface area contributed by atoms with Crippen molar-refractivity contribution >= 4 is 0 Å². The second kappa shape index (κ2) is 2040. The predicted octanol–water partition coefficient (Wildman–Crippen LogP) is 2.40. The van der Waals surface area contributed by atoms with Crippen LogP contribution in [0.2, 0.25) is 0 Å². The van der Waals surface area contributed by atoms with Gasteiger partial charge in [-0.2, -0.15) is 20.8 Å². The van der Waals surface area contributed by atoms with Gasteiger partial charge in [0.05, 0.1) is 0 Å². The molecular weight excluding hydrogens is 139 g/mol. The number of rotatable bonds is 0. The third-order valence-corrected chi connectivity index (χ3v) is 0. The summed E-state index contributed by atoms with van der Waals surface area (Å²) in [5.41, 5.74) is 0. The van der Waals surface area contributed by atoms with Crippen LogP contribution in [0.3, 0.4) is 0 Å². The minimum atomic E-state index is 1.06. The van der Waals surface area contributed by atoms with Crippen LogP contribution >= 0.6 is 0 Å². The van der Waals surface area contributed by atoms with Gasteiger partial charge in [-0.3, -0.25) is 0 Å². The Kier molecular flexibility index (Phi) is 6060. The van der Waals surface area contributed by atoms with E-state index in [4.69, 9.17) is 3.67 Å². The maximum atomic E-state index is 8.19. The Balaban J connectivity index is -0.0000000133. The summed E-state index contributed by atoms with van der Waals surface area (Å²) in [6, 6.07) is 0. The van der Waals surface area contributed by atoms with E-state index in [1.54, 1.807) is 20.8 Å². The van der Waals surface area contributed by atoms with Crippen LogP contribution in [-0.4, -0.2) is 0 Å². The molecule has 2 heteroatoms. The van der Waals surface area contributed by atoms with E-state index in [2.05, 4.69) is 20.8 Å². The van der Waals surface area contributed by atoms with Gasteiger partial charge in [0.25, 0.3) is 0 Å². The summed E-state index contributed by atoms with van der Waals surface area (Å²) < 4.78 is 8.19. The molecule has 0 aliphatic heterocycles. The fourth-order valence-corrected chi connectivity index (χ4v) is 0. The van der Waals surface area contributed by atoms with Crippen molar-refractivity contribution in [2.24, 2.45) is 0 Å². The fraction of sp³-hybridized carbons (Fsp3) is 0.500. The standard InChI is InChI=1S/3C2H5.O.V/c3*1-2;;/h3*1H2,2H3;;/q3*-1;;. The van der Waals surface area contributed by atoms with Crippen LogP contribution in [0, 0.1) is 20.8 Å². The molecule has 0 amide bonds. The molecule has 0 spiro atoms. The van der Waals surface area contributed by atoms with E-state index in [9.17, 15) is 0 Å². The third-order valence-electron chi connectivity index (χ3n) is 0. The summed E-state index contributed by atoms with van der Waals surface area (Å²) >= 11 is 1.06. The molecule has 0 bridgehead atoms. The van der Waals surface area contributed by atoms with Crippen LogP contribution in [0.15, 0.2) is 0 Å². The van der Waals surface area contributed by atoms with Crippen molar-refractivity contribution in [2.75, 3.05) is 0 Å². The normalized spacial score (nSPS) is 2.62. The van der Waals surface area contributed by atoms with Crippen molar-refractivity contribution in [3.05, 3.63) is 20.8 Å². The van der Waals surface area contributed by atoms with Gasteiger partial charge < -0.3 is 20.8 Å². The molecular formula is C6H15OV-3. The summed E-state index contributed by atoms with van der Waals surface area (Å²) in [6.07, 6.45) is 0. The van der Waals surface area contributed by atoms with Gasteiger partial charge in [0.2, 0.25) is 0 Å². The van der Waals surface area contributed by atoms with Gasteiger partial charge in [0.1, 0.15) is 0 Å². The van der Waals surface area contributed by atoms with Crippen molar-refractivity contribution in [1.82, 2.24) is 0 Å². The van der Waals surface area contributed by atoms with E-state index in [0.717, 1.165) is 17.4 Å². The average Bonchev–Trinajstić information content (AvgIpc) is 2.03. The molecule has 0 rings (SSSR count). The maximum absolute atomic E-state index is 8.19. The van der Waals surface area contributed by atoms with Crippen LogP contribution in [0.4, 0.5) is 0 Å². The van der Waals surface area contributed by atoms with Gasteiger partial charge in [-0.25, -0.2) is 0 Å². The van der Waals surface area contributed by atoms with E-state index >= 15 is 0 Å². The summed E-state index contributed by atoms with van der Waals surface area (Å²) in [5.74, 6) is 0. The van der Waals surface area contributed by atoms with E-state index in [1.165, 1.54) is 0 Å². The molecule has 0 heterocycles. The van der Waals surface area contributed by atoms with Gasteiger partial charge >= 0.3 is 21.0 Å². The summed E-state index contributed by atoms with van der Waals surface area (Å²) in [4.78, 5) is 0. The van der Waals surface area contributed by atoms with Crippen LogP contribution in [0.25, 0.3) is 0 Å². The molecule has 8 heavy (non-hydrogen) atoms. The fourth-order valence-electron chi connectivity index (χ4n) is 0. The number of hydrogen-bond donors (Lipinski definition) is 0. The van der Waals surface area contributed by atoms with Crippen LogP contribution < -0.4 is 0 Å². The van der Waals surface area contributed by atoms with Crippen molar-refractivity contribution in [1.29, 1.82) is 0 Å². The van der Waals surface area contributed by atoms with Gasteiger partial charge in [-0.1, -0.05) is 0 Å². The Labute approximate surface area is 63.1 Å². The SMILES string of the molecule is [CH2-]C.[CH2-]C.[CH2-]C.[O]=[V]. The van der Waals surface area contributed by atoms with Gasteiger partial charge in [0.15, 0.2) is 0 Å². The molecule has 0 aromatic heterocycles. The minimum absolute atomic E-state index is 1.06. The molecule has 0 radical (unpaired) electrons. The van der Waals surface area contributed by atoms with Crippen molar-refractivity contribution in [2.45, 2.75) is 20.8 Å². The molecule has 0 aliphatic rings. The average molecular weight is 154 g/mol. The molecule has 53 valence electrons. The van der Waals surface area contributed by atoms with E-state index in [1.807, 2.05) is 0 Å². The molecule has 0 aliphatic carbocycles. The Morgan fingerprint density at radius 2 is 0.750 bits per heavy atom. The summed E-state index contributed by atoms with van der Waals surface area (Å²) in [7, 11) is 0. The number of hydrogen-bond acceptors (Lipinski definition) is 1. The molecule has 0 aromatic carbocycles. The van der Waals surface area contributed by atoms with Gasteiger partial charge in [-0.15, -0.1) is 0 Å². The van der Waals surface area contributed by atoms with Gasteiger partial charge in [0, 0.05) is 0 Å². The zero-order valence-electron chi connectivity index (χ0n) is 5.98. The molecule has 0 saturated heterocycles. The molecule has 0 unspecified atom stereocenters. The van der Waals surface area contributed by atoms with Crippen LogP contribution in [-0.2, 0) is 21.0 Å². The second-order valence-electron chi connectivity index (χ2n) is 0. The first-order valence-electron chi connectivity index (χ1n) is 2.30. The zero-order chi connectivity index (χ0) is 8.00. The third kappa shape index (κ3) is 1250. The second-order valence-corrected chi connectivity index (χ2v) is 0. The topological polar surface area (TPSA) is 17.1 Å². The quantitative estimate of drug-likeness (QED) is 0.489. The summed E-state index contributed by atoms with van der Waals surface area (Å²) in [6.45, 7) is 15.0. The van der Waals surface area contributed by atoms with Gasteiger partial charge in [-0.05, 0) is 0 Å². The molecule has 1 nitrogen and oxygen atoms in total. The molecule has 0 N–H and O–H groups in total. The monoisotopic (exact) mass is 154 g/mol. The Morgan fingerprint density at radius 1 is 0.750 bits per heavy atom. The molecule has 0 fully saturated rings. The Bertz CT molecular complexity index is 8.49. The van der Waals surface area contributed by atoms with E-state index in [-0.39, 0.29) is 0 Å². The predicted molar refractivity (Wildman–Crippen MR) is 33.8 cm³/mol. The Hall–Kier alpha value is 0.384. The Morgan fingerprint density at radius 3 is 0.750 bits per heavy atom. The molecule has 0 aromatic rings. The first-order valence-corrected chi connectivity index (χ1v) is 2.87. The van der Waals surface area contributed by atoms with Crippen LogP contribution in [0.1, 0.15) is 20.8 Å². The van der Waals surface area contributed by atoms with Crippen molar-refractivity contribution in [3.63, 3.8) is 0 Å². The molecule has 0 atom stereocenters. The van der Waals surface area contributed by atoms with Crippen molar-refractivity contribution in [3.8, 4) is 0 Å². The van der Waals surface area contributed by atoms with E-state index < -0.39 is 0 Å². The summed E-state index contributed by atoms with van der Waals surface area (Å²) in [5, 5.41) is 0. The zero-order valence-corrected chi connectivity index (χ0v) is 7.37. The first-order chi connectivity index (χ1) is 4.00. The van der Waals surface area contributed by atoms with E-state index in [0.29, 0.717) is 0 Å². The van der Waals surface area contributed by atoms with Crippen molar-refractivity contribution < 1.29 is 21.0 Å².